The summed E-state index contributed by atoms with van der Waals surface area (Å²) in [5.74, 6) is -0.185. The van der Waals surface area contributed by atoms with Gasteiger partial charge in [-0.1, -0.05) is 46.3 Å². The van der Waals surface area contributed by atoms with Gasteiger partial charge in [0.1, 0.15) is 6.33 Å². The van der Waals surface area contributed by atoms with Gasteiger partial charge < -0.3 is 5.32 Å². The summed E-state index contributed by atoms with van der Waals surface area (Å²) in [5.41, 5.74) is 2.16. The van der Waals surface area contributed by atoms with E-state index in [9.17, 15) is 4.79 Å². The second-order valence-electron chi connectivity index (χ2n) is 4.58. The zero-order chi connectivity index (χ0) is 15.4. The van der Waals surface area contributed by atoms with Crippen molar-refractivity contribution in [3.8, 4) is 5.69 Å². The number of nitrogens with one attached hydrogen (secondary N) is 1. The molecule has 0 aliphatic carbocycles. The average Bonchev–Trinajstić information content (AvgIpc) is 3.08. The minimum absolute atomic E-state index is 0.185. The molecule has 1 amide bonds. The van der Waals surface area contributed by atoms with Crippen LogP contribution >= 0.6 is 15.9 Å². The molecule has 7 heteroatoms. The lowest BCUT2D eigenvalue weighted by Gasteiger charge is -2.10. The summed E-state index contributed by atoms with van der Waals surface area (Å²) in [7, 11) is 0. The smallest absolute Gasteiger partial charge is 0.253 e. The fourth-order valence-electron chi connectivity index (χ4n) is 2.04. The number of aromatic nitrogens is 4. The number of tetrazole rings is 1. The first-order valence-corrected chi connectivity index (χ1v) is 7.38. The van der Waals surface area contributed by atoms with Crippen molar-refractivity contribution in [2.45, 2.75) is 6.54 Å². The van der Waals surface area contributed by atoms with Gasteiger partial charge in [-0.3, -0.25) is 4.79 Å². The number of carbonyl (C=O) groups is 1. The number of hydrogen-bond donors (Lipinski definition) is 1. The van der Waals surface area contributed by atoms with E-state index < -0.39 is 0 Å². The number of amides is 1. The van der Waals surface area contributed by atoms with Crippen molar-refractivity contribution in [1.29, 1.82) is 0 Å². The van der Waals surface area contributed by atoms with E-state index in [0.29, 0.717) is 17.8 Å². The van der Waals surface area contributed by atoms with Crippen molar-refractivity contribution in [2.24, 2.45) is 0 Å². The molecular weight excluding hydrogens is 346 g/mol. The summed E-state index contributed by atoms with van der Waals surface area (Å²) < 4.78 is 2.28. The second-order valence-corrected chi connectivity index (χ2v) is 5.50. The Labute approximate surface area is 135 Å². The van der Waals surface area contributed by atoms with Gasteiger partial charge in [0.05, 0.1) is 11.3 Å². The molecule has 1 heterocycles. The van der Waals surface area contributed by atoms with Crippen LogP contribution < -0.4 is 5.32 Å². The van der Waals surface area contributed by atoms with Crippen molar-refractivity contribution < 1.29 is 4.79 Å². The summed E-state index contributed by atoms with van der Waals surface area (Å²) >= 11 is 3.38. The predicted molar refractivity (Wildman–Crippen MR) is 84.5 cm³/mol. The van der Waals surface area contributed by atoms with Gasteiger partial charge >= 0.3 is 0 Å². The highest BCUT2D eigenvalue weighted by Crippen LogP contribution is 2.19. The molecule has 6 nitrogen and oxygen atoms in total. The molecule has 0 saturated heterocycles. The van der Waals surface area contributed by atoms with E-state index in [-0.39, 0.29) is 5.91 Å². The molecule has 0 unspecified atom stereocenters. The molecule has 0 aliphatic rings. The number of nitrogens with zero attached hydrogens (tertiary/aromatic N) is 4. The summed E-state index contributed by atoms with van der Waals surface area (Å²) in [6.45, 7) is 0.460. The number of benzene rings is 2. The van der Waals surface area contributed by atoms with Crippen LogP contribution in [0.25, 0.3) is 5.69 Å². The van der Waals surface area contributed by atoms with Gasteiger partial charge in [0.2, 0.25) is 0 Å². The molecule has 0 saturated carbocycles. The van der Waals surface area contributed by atoms with Crippen molar-refractivity contribution in [3.63, 3.8) is 0 Å². The third-order valence-corrected chi connectivity index (χ3v) is 3.59. The molecular formula is C15H12BrN5O. The van der Waals surface area contributed by atoms with Crippen molar-refractivity contribution >= 4 is 21.8 Å². The minimum atomic E-state index is -0.185. The Morgan fingerprint density at radius 2 is 2.00 bits per heavy atom. The highest BCUT2D eigenvalue weighted by Gasteiger charge is 2.14. The molecule has 1 aromatic heterocycles. The van der Waals surface area contributed by atoms with Crippen LogP contribution in [0.2, 0.25) is 0 Å². The Balaban J connectivity index is 1.84. The minimum Gasteiger partial charge on any atom is -0.348 e. The van der Waals surface area contributed by atoms with Crippen molar-refractivity contribution in [2.75, 3.05) is 0 Å². The average molecular weight is 358 g/mol. The van der Waals surface area contributed by atoms with Gasteiger partial charge in [-0.05, 0) is 34.2 Å². The molecule has 0 fully saturated rings. The molecule has 3 aromatic rings. The van der Waals surface area contributed by atoms with Crippen molar-refractivity contribution in [3.05, 3.63) is 70.5 Å². The van der Waals surface area contributed by atoms with Gasteiger partial charge in [0.25, 0.3) is 5.91 Å². The first-order valence-electron chi connectivity index (χ1n) is 6.59. The molecule has 22 heavy (non-hydrogen) atoms. The lowest BCUT2D eigenvalue weighted by molar-refractivity contribution is 0.0950. The van der Waals surface area contributed by atoms with Gasteiger partial charge in [0.15, 0.2) is 0 Å². The van der Waals surface area contributed by atoms with Crippen LogP contribution in [0.15, 0.2) is 59.3 Å². The molecule has 2 aromatic carbocycles. The topological polar surface area (TPSA) is 72.7 Å². The van der Waals surface area contributed by atoms with E-state index >= 15 is 0 Å². The van der Waals surface area contributed by atoms with Gasteiger partial charge in [-0.15, -0.1) is 5.10 Å². The lowest BCUT2D eigenvalue weighted by atomic mass is 10.1. The monoisotopic (exact) mass is 357 g/mol. The Bertz CT molecular complexity index is 774. The maximum atomic E-state index is 12.5. The predicted octanol–water partition coefficient (Wildman–Crippen LogP) is 2.35. The van der Waals surface area contributed by atoms with E-state index in [0.717, 1.165) is 10.0 Å². The zero-order valence-electron chi connectivity index (χ0n) is 11.5. The number of hydrogen-bond acceptors (Lipinski definition) is 4. The van der Waals surface area contributed by atoms with E-state index in [4.69, 9.17) is 0 Å². The summed E-state index contributed by atoms with van der Waals surface area (Å²) in [4.78, 5) is 12.5. The fourth-order valence-corrected chi connectivity index (χ4v) is 2.40. The van der Waals surface area contributed by atoms with Gasteiger partial charge in [0, 0.05) is 11.0 Å². The second kappa shape index (κ2) is 6.48. The largest absolute Gasteiger partial charge is 0.348 e. The molecule has 3 rings (SSSR count). The molecule has 0 spiro atoms. The number of halogens is 1. The lowest BCUT2D eigenvalue weighted by Crippen LogP contribution is -2.24. The van der Waals surface area contributed by atoms with Crippen LogP contribution in [0.1, 0.15) is 15.9 Å². The van der Waals surface area contributed by atoms with Gasteiger partial charge in [-0.25, -0.2) is 0 Å². The third-order valence-electron chi connectivity index (χ3n) is 3.09. The van der Waals surface area contributed by atoms with Crippen molar-refractivity contribution in [1.82, 2.24) is 25.5 Å². The fraction of sp³-hybridized carbons (Fsp3) is 0.0667. The van der Waals surface area contributed by atoms with Crippen LogP contribution in [0.3, 0.4) is 0 Å². The van der Waals surface area contributed by atoms with Crippen LogP contribution in [0, 0.1) is 0 Å². The van der Waals surface area contributed by atoms with Crippen LogP contribution in [0.5, 0.6) is 0 Å². The molecule has 1 N–H and O–H groups in total. The number of carbonyl (C=O) groups excluding carboxylic acids is 1. The Hall–Kier alpha value is -2.54. The maximum absolute atomic E-state index is 12.5. The Morgan fingerprint density at radius 1 is 1.18 bits per heavy atom. The molecule has 0 atom stereocenters. The molecule has 0 bridgehead atoms. The standard InChI is InChI=1S/C15H12BrN5O/c16-12-6-7-14(21-10-18-19-20-21)13(8-12)15(22)17-9-11-4-2-1-3-5-11/h1-8,10H,9H2,(H,17,22). The highest BCUT2D eigenvalue weighted by atomic mass is 79.9. The van der Waals surface area contributed by atoms with E-state index in [2.05, 4.69) is 36.8 Å². The first-order chi connectivity index (χ1) is 10.7. The third kappa shape index (κ3) is 3.20. The molecule has 110 valence electrons. The van der Waals surface area contributed by atoms with Gasteiger partial charge in [-0.2, -0.15) is 4.68 Å². The van der Waals surface area contributed by atoms with Crippen LogP contribution in [-0.2, 0) is 6.54 Å². The maximum Gasteiger partial charge on any atom is 0.253 e. The summed E-state index contributed by atoms with van der Waals surface area (Å²) in [6.07, 6.45) is 1.46. The molecule has 0 radical (unpaired) electrons. The first kappa shape index (κ1) is 14.4. The number of rotatable bonds is 4. The normalized spacial score (nSPS) is 10.4. The van der Waals surface area contributed by atoms with E-state index in [1.54, 1.807) is 12.1 Å². The highest BCUT2D eigenvalue weighted by molar-refractivity contribution is 9.10. The van der Waals surface area contributed by atoms with Crippen LogP contribution in [-0.4, -0.2) is 26.1 Å². The zero-order valence-corrected chi connectivity index (χ0v) is 13.1. The summed E-state index contributed by atoms with van der Waals surface area (Å²) in [6, 6.07) is 15.1. The summed E-state index contributed by atoms with van der Waals surface area (Å²) in [5, 5.41) is 13.9. The molecule has 0 aliphatic heterocycles. The van der Waals surface area contributed by atoms with E-state index in [1.807, 2.05) is 36.4 Å². The van der Waals surface area contributed by atoms with E-state index in [1.165, 1.54) is 11.0 Å². The SMILES string of the molecule is O=C(NCc1ccccc1)c1cc(Br)ccc1-n1cnnn1. The Morgan fingerprint density at radius 3 is 2.73 bits per heavy atom. The Kier molecular flexibility index (Phi) is 4.24. The quantitative estimate of drug-likeness (QED) is 0.777. The van der Waals surface area contributed by atoms with Crippen LogP contribution in [0.4, 0.5) is 0 Å².